The first-order valence-electron chi connectivity index (χ1n) is 6.44. The summed E-state index contributed by atoms with van der Waals surface area (Å²) in [5.41, 5.74) is 0. The number of alkyl halides is 9. The van der Waals surface area contributed by atoms with Gasteiger partial charge in [0.2, 0.25) is 7.59 Å². The van der Waals surface area contributed by atoms with Crippen molar-refractivity contribution in [1.82, 2.24) is 4.90 Å². The third-order valence-electron chi connectivity index (χ3n) is 2.77. The van der Waals surface area contributed by atoms with Gasteiger partial charge in [-0.3, -0.25) is 4.90 Å². The largest absolute Gasteiger partial charge is 0.453 e. The predicted octanol–water partition coefficient (Wildman–Crippen LogP) is 6.45. The number of hydrogen-bond acceptors (Lipinski definition) is 4. The lowest BCUT2D eigenvalue weighted by atomic mass is 10.3. The Balaban J connectivity index is 2.59. The molecule has 0 radical (unpaired) electrons. The SMILES string of the molecule is Cc1ccc(C#CC2N=C(C(Cl)(Cl)Cl)N=C(C(Cl)(Cl)Cl)N2C(Cl)(Cl)Cl)o1. The van der Waals surface area contributed by atoms with E-state index in [-0.39, 0.29) is 11.7 Å². The average molecular weight is 539 g/mol. The second-order valence-corrected chi connectivity index (χ2v) is 11.6. The van der Waals surface area contributed by atoms with Crippen LogP contribution in [0.3, 0.4) is 0 Å². The molecule has 2 heterocycles. The summed E-state index contributed by atoms with van der Waals surface area (Å²) < 4.78 is -0.912. The second kappa shape index (κ2) is 8.14. The van der Waals surface area contributed by atoms with Crippen molar-refractivity contribution in [3.05, 3.63) is 23.7 Å². The summed E-state index contributed by atoms with van der Waals surface area (Å²) in [4.78, 5) is 9.00. The van der Waals surface area contributed by atoms with E-state index in [1.807, 2.05) is 0 Å². The fourth-order valence-corrected chi connectivity index (χ4v) is 2.99. The van der Waals surface area contributed by atoms with Crippen LogP contribution in [0.25, 0.3) is 0 Å². The molecule has 0 bridgehead atoms. The van der Waals surface area contributed by atoms with Crippen LogP contribution in [-0.4, -0.2) is 34.2 Å². The van der Waals surface area contributed by atoms with Crippen LogP contribution in [-0.2, 0) is 0 Å². The zero-order valence-electron chi connectivity index (χ0n) is 12.4. The van der Waals surface area contributed by atoms with Gasteiger partial charge in [-0.25, -0.2) is 9.98 Å². The minimum Gasteiger partial charge on any atom is -0.453 e. The van der Waals surface area contributed by atoms with Gasteiger partial charge in [0.15, 0.2) is 23.6 Å². The first-order valence-corrected chi connectivity index (χ1v) is 9.84. The zero-order chi connectivity index (χ0) is 19.9. The highest BCUT2D eigenvalue weighted by atomic mass is 35.6. The van der Waals surface area contributed by atoms with E-state index < -0.39 is 17.7 Å². The number of hydrogen-bond donors (Lipinski definition) is 0. The highest BCUT2D eigenvalue weighted by Crippen LogP contribution is 2.43. The lowest BCUT2D eigenvalue weighted by Crippen LogP contribution is -2.54. The van der Waals surface area contributed by atoms with Crippen molar-refractivity contribution in [2.45, 2.75) is 24.6 Å². The van der Waals surface area contributed by atoms with Crippen molar-refractivity contribution in [2.75, 3.05) is 0 Å². The van der Waals surface area contributed by atoms with E-state index >= 15 is 0 Å². The fourth-order valence-electron chi connectivity index (χ4n) is 1.80. The normalized spacial score (nSPS) is 18.8. The Kier molecular flexibility index (Phi) is 7.16. The molecule has 0 spiro atoms. The molecule has 1 aliphatic rings. The monoisotopic (exact) mass is 535 g/mol. The predicted molar refractivity (Wildman–Crippen MR) is 112 cm³/mol. The van der Waals surface area contributed by atoms with Crippen LogP contribution in [0.4, 0.5) is 0 Å². The van der Waals surface area contributed by atoms with Gasteiger partial charge in [0.1, 0.15) is 5.76 Å². The number of amidine groups is 2. The van der Waals surface area contributed by atoms with Crippen molar-refractivity contribution in [3.8, 4) is 11.8 Å². The Morgan fingerprint density at radius 2 is 1.62 bits per heavy atom. The Morgan fingerprint density at radius 1 is 1.00 bits per heavy atom. The van der Waals surface area contributed by atoms with Crippen molar-refractivity contribution >= 4 is 116 Å². The van der Waals surface area contributed by atoms with E-state index in [9.17, 15) is 0 Å². The maximum atomic E-state index is 6.00. The first-order chi connectivity index (χ1) is 11.7. The van der Waals surface area contributed by atoms with Gasteiger partial charge in [0, 0.05) is 0 Å². The number of aliphatic imine (C=N–C) groups is 2. The van der Waals surface area contributed by atoms with Gasteiger partial charge >= 0.3 is 0 Å². The van der Waals surface area contributed by atoms with Crippen molar-refractivity contribution in [2.24, 2.45) is 9.98 Å². The standard InChI is InChI=1S/C13H6Cl9N3O/c1-6-2-3-7(26-6)4-5-8-23-9(11(14,15)16)24-10(12(17,18)19)25(8)13(20,21)22/h2-3,8H,1H3. The summed E-state index contributed by atoms with van der Waals surface area (Å²) in [6, 6.07) is 3.37. The molecule has 1 aliphatic heterocycles. The summed E-state index contributed by atoms with van der Waals surface area (Å²) in [5, 5.41) is 0. The van der Waals surface area contributed by atoms with Crippen LogP contribution in [0.15, 0.2) is 26.5 Å². The number of halogens is 9. The minimum atomic E-state index is -2.12. The van der Waals surface area contributed by atoms with Crippen molar-refractivity contribution in [3.63, 3.8) is 0 Å². The van der Waals surface area contributed by atoms with Gasteiger partial charge in [-0.15, -0.1) is 0 Å². The number of aryl methyl sites for hydroxylation is 1. The summed E-state index contributed by atoms with van der Waals surface area (Å²) >= 11 is 53.4. The molecule has 13 heteroatoms. The van der Waals surface area contributed by atoms with E-state index in [0.717, 1.165) is 4.90 Å². The third kappa shape index (κ3) is 5.80. The first kappa shape index (κ1) is 22.9. The molecule has 0 aromatic carbocycles. The molecule has 0 aliphatic carbocycles. The van der Waals surface area contributed by atoms with Crippen LogP contribution >= 0.6 is 104 Å². The topological polar surface area (TPSA) is 41.1 Å². The van der Waals surface area contributed by atoms with E-state index in [1.165, 1.54) is 0 Å². The summed E-state index contributed by atoms with van der Waals surface area (Å²) in [6.07, 6.45) is -1.19. The van der Waals surface area contributed by atoms with Gasteiger partial charge in [-0.2, -0.15) is 0 Å². The van der Waals surface area contributed by atoms with Gasteiger partial charge in [-0.05, 0) is 30.9 Å². The summed E-state index contributed by atoms with van der Waals surface area (Å²) in [7, 11) is 0. The third-order valence-corrected chi connectivity index (χ3v) is 4.33. The number of rotatable bonds is 0. The molecule has 4 nitrogen and oxygen atoms in total. The van der Waals surface area contributed by atoms with Crippen LogP contribution in [0.1, 0.15) is 11.5 Å². The van der Waals surface area contributed by atoms with Crippen LogP contribution in [0.2, 0.25) is 0 Å². The quantitative estimate of drug-likeness (QED) is 0.216. The molecule has 0 saturated heterocycles. The van der Waals surface area contributed by atoms with Gasteiger partial charge < -0.3 is 4.42 Å². The molecule has 0 N–H and O–H groups in total. The fraction of sp³-hybridized carbons (Fsp3) is 0.385. The summed E-state index contributed by atoms with van der Waals surface area (Å²) in [5.74, 6) is 5.83. The van der Waals surface area contributed by atoms with E-state index in [0.29, 0.717) is 11.5 Å². The molecule has 0 amide bonds. The molecule has 1 atom stereocenters. The number of nitrogens with zero attached hydrogens (tertiary/aromatic N) is 3. The molecule has 0 fully saturated rings. The molecule has 1 aromatic heterocycles. The minimum absolute atomic E-state index is 0.288. The second-order valence-electron chi connectivity index (χ2n) is 4.77. The molecule has 1 unspecified atom stereocenters. The maximum Gasteiger partial charge on any atom is 0.271 e. The molecule has 2 rings (SSSR count). The number of furan rings is 1. The Bertz CT molecular complexity index is 802. The lowest BCUT2D eigenvalue weighted by Gasteiger charge is -2.39. The van der Waals surface area contributed by atoms with Gasteiger partial charge in [0.25, 0.3) is 3.92 Å². The Morgan fingerprint density at radius 3 is 2.04 bits per heavy atom. The molecule has 26 heavy (non-hydrogen) atoms. The lowest BCUT2D eigenvalue weighted by molar-refractivity contribution is 0.369. The van der Waals surface area contributed by atoms with E-state index in [4.69, 9.17) is 109 Å². The van der Waals surface area contributed by atoms with E-state index in [2.05, 4.69) is 21.8 Å². The van der Waals surface area contributed by atoms with Crippen molar-refractivity contribution in [1.29, 1.82) is 0 Å². The maximum absolute atomic E-state index is 6.00. The smallest absolute Gasteiger partial charge is 0.271 e. The van der Waals surface area contributed by atoms with Crippen LogP contribution in [0, 0.1) is 18.8 Å². The highest BCUT2D eigenvalue weighted by Gasteiger charge is 2.49. The summed E-state index contributed by atoms with van der Waals surface area (Å²) in [6.45, 7) is 1.76. The molecular weight excluding hydrogens is 533 g/mol. The van der Waals surface area contributed by atoms with Crippen molar-refractivity contribution < 1.29 is 4.42 Å². The average Bonchev–Trinajstić information content (AvgIpc) is 2.86. The van der Waals surface area contributed by atoms with Crippen LogP contribution in [0.5, 0.6) is 0 Å². The molecule has 0 saturated carbocycles. The molecule has 1 aromatic rings. The molecule has 142 valence electrons. The van der Waals surface area contributed by atoms with E-state index in [1.54, 1.807) is 19.1 Å². The zero-order valence-corrected chi connectivity index (χ0v) is 19.2. The molecular formula is C13H6Cl9N3O. The van der Waals surface area contributed by atoms with Crippen LogP contribution < -0.4 is 0 Å². The Hall–Kier alpha value is 0.590. The van der Waals surface area contributed by atoms with Gasteiger partial charge in [-0.1, -0.05) is 104 Å². The van der Waals surface area contributed by atoms with Gasteiger partial charge in [0.05, 0.1) is 0 Å². The Labute approximate surface area is 194 Å². The highest BCUT2D eigenvalue weighted by molar-refractivity contribution is 6.79.